The zero-order valence-corrected chi connectivity index (χ0v) is 20.8. The molecule has 0 saturated carbocycles. The van der Waals surface area contributed by atoms with Crippen molar-refractivity contribution in [3.63, 3.8) is 0 Å². The fourth-order valence-corrected chi connectivity index (χ4v) is 5.97. The van der Waals surface area contributed by atoms with Crippen LogP contribution < -0.4 is 10.0 Å². The monoisotopic (exact) mass is 447 g/mol. The lowest BCUT2D eigenvalue weighted by atomic mass is 9.92. The predicted octanol–water partition coefficient (Wildman–Crippen LogP) is 7.14. The minimum atomic E-state index is -0.0156. The first-order valence-electron chi connectivity index (χ1n) is 11.2. The van der Waals surface area contributed by atoms with E-state index in [9.17, 15) is 0 Å². The van der Waals surface area contributed by atoms with Gasteiger partial charge in [-0.15, -0.1) is 0 Å². The van der Waals surface area contributed by atoms with Gasteiger partial charge < -0.3 is 9.47 Å². The number of para-hydroxylation sites is 2. The van der Waals surface area contributed by atoms with Crippen LogP contribution in [-0.4, -0.2) is 19.6 Å². The number of methoxy groups -OCH3 is 1. The third-order valence-corrected chi connectivity index (χ3v) is 8.39. The van der Waals surface area contributed by atoms with Gasteiger partial charge in [0.05, 0.1) is 5.69 Å². The summed E-state index contributed by atoms with van der Waals surface area (Å²) in [7, 11) is 2.25. The van der Waals surface area contributed by atoms with Gasteiger partial charge in [-0.1, -0.05) is 77.0 Å². The molecular formula is C28H34NO2P. The van der Waals surface area contributed by atoms with Crippen molar-refractivity contribution >= 4 is 25.3 Å². The van der Waals surface area contributed by atoms with Crippen molar-refractivity contribution in [3.8, 4) is 5.75 Å². The maximum atomic E-state index is 5.98. The second kappa shape index (κ2) is 11.4. The Morgan fingerprint density at radius 2 is 1.59 bits per heavy atom. The van der Waals surface area contributed by atoms with Gasteiger partial charge in [0.25, 0.3) is 0 Å². The maximum Gasteiger partial charge on any atom is 0.188 e. The lowest BCUT2D eigenvalue weighted by Gasteiger charge is -2.35. The number of aryl methyl sites for hydroxylation is 1. The van der Waals surface area contributed by atoms with Crippen molar-refractivity contribution in [2.24, 2.45) is 4.99 Å². The first-order valence-corrected chi connectivity index (χ1v) is 12.2. The first-order chi connectivity index (χ1) is 15.5. The number of ether oxygens (including phenoxy) is 2. The van der Waals surface area contributed by atoms with E-state index in [1.165, 1.54) is 22.0 Å². The summed E-state index contributed by atoms with van der Waals surface area (Å²) in [6.07, 6.45) is 2.05. The van der Waals surface area contributed by atoms with Gasteiger partial charge in [0.15, 0.2) is 6.79 Å². The number of aliphatic imine (C=N–C) groups is 1. The molecule has 3 aromatic rings. The minimum Gasteiger partial charge on any atom is -0.467 e. The molecule has 4 heteroatoms. The molecule has 0 amide bonds. The van der Waals surface area contributed by atoms with Crippen LogP contribution in [0.4, 0.5) is 5.69 Å². The molecule has 0 bridgehead atoms. The van der Waals surface area contributed by atoms with Crippen LogP contribution in [0.3, 0.4) is 0 Å². The SMILES string of the molecule is CCC(CC)(Pc1c(C)cccc1/C(C)=N/c1ccccc1)c1ccccc1OCOC. The number of hydrogen-bond acceptors (Lipinski definition) is 3. The Morgan fingerprint density at radius 1 is 0.906 bits per heavy atom. The standard InChI is InChI=1S/C28H34NO2P/c1-6-28(7-2,25-18-11-12-19-26(25)31-20-30-5)32-27-21(3)14-13-17-24(27)22(4)29-23-15-9-8-10-16-23/h8-19,32H,6-7,20H2,1-5H3/b29-22+. The third kappa shape index (κ3) is 5.46. The Kier molecular flexibility index (Phi) is 8.61. The maximum absolute atomic E-state index is 5.98. The zero-order chi connectivity index (χ0) is 23.0. The summed E-state index contributed by atoms with van der Waals surface area (Å²) < 4.78 is 11.2. The van der Waals surface area contributed by atoms with E-state index in [1.807, 2.05) is 36.4 Å². The van der Waals surface area contributed by atoms with Crippen molar-refractivity contribution < 1.29 is 9.47 Å². The molecule has 0 radical (unpaired) electrons. The number of nitrogens with zero attached hydrogens (tertiary/aromatic N) is 1. The second-order valence-corrected chi connectivity index (χ2v) is 9.70. The van der Waals surface area contributed by atoms with Crippen molar-refractivity contribution in [1.29, 1.82) is 0 Å². The Labute approximate surface area is 194 Å². The van der Waals surface area contributed by atoms with Crippen LogP contribution in [0.1, 0.15) is 50.3 Å². The third-order valence-electron chi connectivity index (χ3n) is 6.02. The lowest BCUT2D eigenvalue weighted by molar-refractivity contribution is 0.0499. The van der Waals surface area contributed by atoms with Crippen LogP contribution in [0.2, 0.25) is 0 Å². The Balaban J connectivity index is 2.07. The van der Waals surface area contributed by atoms with E-state index in [4.69, 9.17) is 14.5 Å². The number of benzene rings is 3. The summed E-state index contributed by atoms with van der Waals surface area (Å²) >= 11 is 0. The van der Waals surface area contributed by atoms with Gasteiger partial charge in [0.2, 0.25) is 0 Å². The van der Waals surface area contributed by atoms with Gasteiger partial charge >= 0.3 is 0 Å². The van der Waals surface area contributed by atoms with Crippen molar-refractivity contribution in [2.75, 3.05) is 13.9 Å². The number of hydrogen-bond donors (Lipinski definition) is 0. The quantitative estimate of drug-likeness (QED) is 0.188. The molecule has 0 fully saturated rings. The van der Waals surface area contributed by atoms with E-state index in [2.05, 4.69) is 64.1 Å². The molecule has 0 N–H and O–H groups in total. The highest BCUT2D eigenvalue weighted by Crippen LogP contribution is 2.50. The molecule has 0 aliphatic carbocycles. The van der Waals surface area contributed by atoms with E-state index in [1.54, 1.807) is 7.11 Å². The van der Waals surface area contributed by atoms with Crippen LogP contribution >= 0.6 is 8.58 Å². The first kappa shape index (κ1) is 24.2. The minimum absolute atomic E-state index is 0.0156. The van der Waals surface area contributed by atoms with Gasteiger partial charge in [-0.2, -0.15) is 0 Å². The highest BCUT2D eigenvalue weighted by atomic mass is 31.1. The van der Waals surface area contributed by atoms with Crippen LogP contribution in [0.15, 0.2) is 77.8 Å². The zero-order valence-electron chi connectivity index (χ0n) is 19.8. The number of rotatable bonds is 10. The fraction of sp³-hybridized carbons (Fsp3) is 0.321. The average Bonchev–Trinajstić information content (AvgIpc) is 2.83. The van der Waals surface area contributed by atoms with E-state index in [0.29, 0.717) is 8.58 Å². The summed E-state index contributed by atoms with van der Waals surface area (Å²) in [5.74, 6) is 0.912. The van der Waals surface area contributed by atoms with E-state index < -0.39 is 0 Å². The summed E-state index contributed by atoms with van der Waals surface area (Å²) in [6.45, 7) is 9.15. The molecule has 3 nitrogen and oxygen atoms in total. The smallest absolute Gasteiger partial charge is 0.188 e. The van der Waals surface area contributed by atoms with Crippen LogP contribution in [-0.2, 0) is 9.89 Å². The topological polar surface area (TPSA) is 30.8 Å². The van der Waals surface area contributed by atoms with E-state index >= 15 is 0 Å². The molecule has 3 rings (SSSR count). The Hall–Kier alpha value is -2.48. The molecule has 0 aliphatic heterocycles. The average molecular weight is 448 g/mol. The molecule has 1 atom stereocenters. The molecule has 0 aromatic heterocycles. The molecule has 168 valence electrons. The van der Waals surface area contributed by atoms with Crippen molar-refractivity contribution in [1.82, 2.24) is 0 Å². The predicted molar refractivity (Wildman–Crippen MR) is 139 cm³/mol. The van der Waals surface area contributed by atoms with Crippen LogP contribution in [0.25, 0.3) is 0 Å². The summed E-state index contributed by atoms with van der Waals surface area (Å²) in [6, 6.07) is 25.1. The molecule has 3 aromatic carbocycles. The van der Waals surface area contributed by atoms with Crippen molar-refractivity contribution in [2.45, 2.75) is 45.7 Å². The Morgan fingerprint density at radius 3 is 2.28 bits per heavy atom. The summed E-state index contributed by atoms with van der Waals surface area (Å²) in [5.41, 5.74) is 5.83. The van der Waals surface area contributed by atoms with Gasteiger partial charge in [-0.05, 0) is 55.8 Å². The van der Waals surface area contributed by atoms with E-state index in [-0.39, 0.29) is 11.9 Å². The normalized spacial score (nSPS) is 12.5. The summed E-state index contributed by atoms with van der Waals surface area (Å²) in [4.78, 5) is 4.92. The van der Waals surface area contributed by atoms with E-state index in [0.717, 1.165) is 30.0 Å². The second-order valence-electron chi connectivity index (χ2n) is 7.99. The molecule has 1 unspecified atom stereocenters. The lowest BCUT2D eigenvalue weighted by Crippen LogP contribution is -2.26. The van der Waals surface area contributed by atoms with Crippen LogP contribution in [0, 0.1) is 6.92 Å². The molecule has 0 aliphatic rings. The van der Waals surface area contributed by atoms with Gasteiger partial charge in [0, 0.05) is 29.1 Å². The molecular weight excluding hydrogens is 413 g/mol. The molecule has 0 spiro atoms. The largest absolute Gasteiger partial charge is 0.467 e. The van der Waals surface area contributed by atoms with Gasteiger partial charge in [-0.3, -0.25) is 4.99 Å². The summed E-state index contributed by atoms with van der Waals surface area (Å²) in [5, 5.41) is 1.37. The molecule has 0 heterocycles. The highest BCUT2D eigenvalue weighted by Gasteiger charge is 2.33. The van der Waals surface area contributed by atoms with Crippen molar-refractivity contribution in [3.05, 3.63) is 89.5 Å². The molecule has 0 saturated heterocycles. The fourth-order valence-electron chi connectivity index (χ4n) is 4.12. The Bertz CT molecular complexity index is 1040. The highest BCUT2D eigenvalue weighted by molar-refractivity contribution is 7.49. The molecule has 32 heavy (non-hydrogen) atoms. The van der Waals surface area contributed by atoms with Crippen LogP contribution in [0.5, 0.6) is 5.75 Å². The van der Waals surface area contributed by atoms with Gasteiger partial charge in [0.1, 0.15) is 5.75 Å². The van der Waals surface area contributed by atoms with Gasteiger partial charge in [-0.25, -0.2) is 0 Å².